The fourth-order valence-electron chi connectivity index (χ4n) is 4.11. The summed E-state index contributed by atoms with van der Waals surface area (Å²) < 4.78 is 42.3. The van der Waals surface area contributed by atoms with Crippen molar-refractivity contribution in [2.45, 2.75) is 38.5 Å². The van der Waals surface area contributed by atoms with E-state index in [1.165, 1.54) is 12.1 Å². The van der Waals surface area contributed by atoms with Crippen molar-refractivity contribution in [2.75, 3.05) is 31.5 Å². The van der Waals surface area contributed by atoms with Crippen molar-refractivity contribution in [3.05, 3.63) is 53.6 Å². The third-order valence-corrected chi connectivity index (χ3v) is 7.64. The van der Waals surface area contributed by atoms with Gasteiger partial charge in [-0.25, -0.2) is 4.39 Å². The standard InChI is InChI=1S/C21H27FN4O2S/c1-16-13-20(24-19-7-5-18(22)6-8-19)14-21(23-16)17-9-12-26(15-17)29(27,28)25-10-3-2-4-11-25/h5-8,13-14,17H,2-4,9-12,15H2,1H3,(H,23,24). The maximum atomic E-state index is 13.1. The Kier molecular flexibility index (Phi) is 5.85. The summed E-state index contributed by atoms with van der Waals surface area (Å²) in [4.78, 5) is 4.67. The molecule has 8 heteroatoms. The van der Waals surface area contributed by atoms with Gasteiger partial charge in [-0.3, -0.25) is 4.98 Å². The largest absolute Gasteiger partial charge is 0.355 e. The molecule has 6 nitrogen and oxygen atoms in total. The first-order valence-corrected chi connectivity index (χ1v) is 11.6. The molecule has 0 bridgehead atoms. The molecule has 2 aromatic rings. The highest BCUT2D eigenvalue weighted by molar-refractivity contribution is 7.86. The van der Waals surface area contributed by atoms with E-state index in [-0.39, 0.29) is 11.7 Å². The molecule has 1 atom stereocenters. The lowest BCUT2D eigenvalue weighted by molar-refractivity contribution is 0.315. The average molecular weight is 419 g/mol. The van der Waals surface area contributed by atoms with Crippen molar-refractivity contribution in [1.29, 1.82) is 0 Å². The Balaban J connectivity index is 1.49. The van der Waals surface area contributed by atoms with Gasteiger partial charge in [0, 0.05) is 54.9 Å². The Morgan fingerprint density at radius 1 is 1.00 bits per heavy atom. The van der Waals surface area contributed by atoms with E-state index >= 15 is 0 Å². The predicted octanol–water partition coefficient (Wildman–Crippen LogP) is 3.79. The maximum Gasteiger partial charge on any atom is 0.281 e. The lowest BCUT2D eigenvalue weighted by Gasteiger charge is -2.30. The summed E-state index contributed by atoms with van der Waals surface area (Å²) >= 11 is 0. The average Bonchev–Trinajstić information content (AvgIpc) is 3.21. The number of piperidine rings is 1. The van der Waals surface area contributed by atoms with Gasteiger partial charge in [0.25, 0.3) is 10.2 Å². The van der Waals surface area contributed by atoms with E-state index in [1.54, 1.807) is 20.7 Å². The highest BCUT2D eigenvalue weighted by Gasteiger charge is 2.37. The lowest BCUT2D eigenvalue weighted by Crippen LogP contribution is -2.45. The number of aryl methyl sites for hydroxylation is 1. The Bertz CT molecular complexity index is 959. The van der Waals surface area contributed by atoms with E-state index in [2.05, 4.69) is 10.3 Å². The number of benzene rings is 1. The van der Waals surface area contributed by atoms with E-state index in [1.807, 2.05) is 19.1 Å². The number of hydrogen-bond acceptors (Lipinski definition) is 4. The molecule has 2 aliphatic heterocycles. The van der Waals surface area contributed by atoms with Gasteiger partial charge in [-0.15, -0.1) is 0 Å². The van der Waals surface area contributed by atoms with Crippen LogP contribution in [0.3, 0.4) is 0 Å². The number of nitrogens with one attached hydrogen (secondary N) is 1. The molecule has 1 aromatic heterocycles. The van der Waals surface area contributed by atoms with Gasteiger partial charge in [-0.05, 0) is 62.6 Å². The third kappa shape index (κ3) is 4.60. The van der Waals surface area contributed by atoms with Crippen LogP contribution >= 0.6 is 0 Å². The van der Waals surface area contributed by atoms with Gasteiger partial charge < -0.3 is 5.32 Å². The zero-order valence-corrected chi connectivity index (χ0v) is 17.5. The quantitative estimate of drug-likeness (QED) is 0.802. The van der Waals surface area contributed by atoms with Crippen LogP contribution in [0.4, 0.5) is 15.8 Å². The Morgan fingerprint density at radius 2 is 1.72 bits per heavy atom. The van der Waals surface area contributed by atoms with Crippen LogP contribution in [0.5, 0.6) is 0 Å². The molecular weight excluding hydrogens is 391 g/mol. The van der Waals surface area contributed by atoms with Crippen LogP contribution in [-0.2, 0) is 10.2 Å². The minimum absolute atomic E-state index is 0.0724. The van der Waals surface area contributed by atoms with Gasteiger partial charge in [-0.1, -0.05) is 6.42 Å². The second kappa shape index (κ2) is 8.38. The minimum Gasteiger partial charge on any atom is -0.355 e. The third-order valence-electron chi connectivity index (χ3n) is 5.64. The van der Waals surface area contributed by atoms with Crippen LogP contribution in [0.1, 0.15) is 43.0 Å². The molecule has 1 N–H and O–H groups in total. The summed E-state index contributed by atoms with van der Waals surface area (Å²) in [7, 11) is -3.39. The highest BCUT2D eigenvalue weighted by atomic mass is 32.2. The van der Waals surface area contributed by atoms with E-state index in [9.17, 15) is 12.8 Å². The van der Waals surface area contributed by atoms with E-state index in [4.69, 9.17) is 0 Å². The highest BCUT2D eigenvalue weighted by Crippen LogP contribution is 2.31. The van der Waals surface area contributed by atoms with Gasteiger partial charge in [0.1, 0.15) is 5.82 Å². The lowest BCUT2D eigenvalue weighted by atomic mass is 10.0. The molecule has 29 heavy (non-hydrogen) atoms. The summed E-state index contributed by atoms with van der Waals surface area (Å²) in [6, 6.07) is 10.1. The second-order valence-corrected chi connectivity index (χ2v) is 9.79. The number of rotatable bonds is 5. The molecule has 1 unspecified atom stereocenters. The molecule has 4 rings (SSSR count). The SMILES string of the molecule is Cc1cc(Nc2ccc(F)cc2)cc(C2CCN(S(=O)(=O)N3CCCCC3)C2)n1. The Hall–Kier alpha value is -2.03. The molecule has 2 fully saturated rings. The molecule has 156 valence electrons. The molecule has 0 amide bonds. The normalized spacial score (nSPS) is 21.4. The number of nitrogens with zero attached hydrogens (tertiary/aromatic N) is 3. The fraction of sp³-hybridized carbons (Fsp3) is 0.476. The van der Waals surface area contributed by atoms with Crippen molar-refractivity contribution in [1.82, 2.24) is 13.6 Å². The van der Waals surface area contributed by atoms with Crippen molar-refractivity contribution in [3.63, 3.8) is 0 Å². The van der Waals surface area contributed by atoms with Crippen LogP contribution in [0.2, 0.25) is 0 Å². The fourth-order valence-corrected chi connectivity index (χ4v) is 5.86. The zero-order valence-electron chi connectivity index (χ0n) is 16.6. The second-order valence-electron chi connectivity index (χ2n) is 7.87. The van der Waals surface area contributed by atoms with E-state index < -0.39 is 10.2 Å². The van der Waals surface area contributed by atoms with Crippen molar-refractivity contribution in [3.8, 4) is 0 Å². The summed E-state index contributed by atoms with van der Waals surface area (Å²) in [6.07, 6.45) is 3.74. The number of aromatic nitrogens is 1. The summed E-state index contributed by atoms with van der Waals surface area (Å²) in [5, 5.41) is 3.28. The molecular formula is C21H27FN4O2S. The summed E-state index contributed by atoms with van der Waals surface area (Å²) in [5.41, 5.74) is 3.43. The predicted molar refractivity (Wildman–Crippen MR) is 112 cm³/mol. The van der Waals surface area contributed by atoms with Crippen LogP contribution in [0.15, 0.2) is 36.4 Å². The minimum atomic E-state index is -3.39. The topological polar surface area (TPSA) is 65.5 Å². The van der Waals surface area contributed by atoms with Crippen LogP contribution in [0.25, 0.3) is 0 Å². The van der Waals surface area contributed by atoms with Crippen LogP contribution < -0.4 is 5.32 Å². The molecule has 2 aliphatic rings. The summed E-state index contributed by atoms with van der Waals surface area (Å²) in [5.74, 6) is -0.202. The monoisotopic (exact) mass is 418 g/mol. The van der Waals surface area contributed by atoms with Crippen LogP contribution in [-0.4, -0.2) is 48.2 Å². The summed E-state index contributed by atoms with van der Waals surface area (Å²) in [6.45, 7) is 4.16. The molecule has 3 heterocycles. The first kappa shape index (κ1) is 20.3. The van der Waals surface area contributed by atoms with Crippen LogP contribution in [0, 0.1) is 12.7 Å². The van der Waals surface area contributed by atoms with E-state index in [0.717, 1.165) is 48.4 Å². The van der Waals surface area contributed by atoms with Gasteiger partial charge in [0.2, 0.25) is 0 Å². The molecule has 0 saturated carbocycles. The first-order valence-electron chi connectivity index (χ1n) is 10.2. The zero-order chi connectivity index (χ0) is 20.4. The molecule has 1 aromatic carbocycles. The molecule has 0 aliphatic carbocycles. The Morgan fingerprint density at radius 3 is 2.45 bits per heavy atom. The number of pyridine rings is 1. The number of hydrogen-bond donors (Lipinski definition) is 1. The van der Waals surface area contributed by atoms with Gasteiger partial charge in [0.15, 0.2) is 0 Å². The molecule has 0 spiro atoms. The maximum absolute atomic E-state index is 13.1. The van der Waals surface area contributed by atoms with Gasteiger partial charge in [0.05, 0.1) is 0 Å². The number of anilines is 2. The first-order chi connectivity index (χ1) is 13.9. The van der Waals surface area contributed by atoms with E-state index in [0.29, 0.717) is 26.2 Å². The van der Waals surface area contributed by atoms with Gasteiger partial charge >= 0.3 is 0 Å². The van der Waals surface area contributed by atoms with Crippen molar-refractivity contribution < 1.29 is 12.8 Å². The van der Waals surface area contributed by atoms with Crippen molar-refractivity contribution >= 4 is 21.6 Å². The number of halogens is 1. The molecule has 2 saturated heterocycles. The van der Waals surface area contributed by atoms with Gasteiger partial charge in [-0.2, -0.15) is 17.0 Å². The Labute approximate surface area is 171 Å². The molecule has 0 radical (unpaired) electrons. The smallest absolute Gasteiger partial charge is 0.281 e. The van der Waals surface area contributed by atoms with Crippen molar-refractivity contribution in [2.24, 2.45) is 0 Å².